The third-order valence-corrected chi connectivity index (χ3v) is 7.07. The van der Waals surface area contributed by atoms with Crippen molar-refractivity contribution in [2.75, 3.05) is 0 Å². The summed E-state index contributed by atoms with van der Waals surface area (Å²) in [5, 5.41) is 3.41. The maximum Gasteiger partial charge on any atom is 2.00 e. The van der Waals surface area contributed by atoms with Gasteiger partial charge in [0, 0.05) is 17.6 Å². The molecule has 4 aromatic heterocycles. The van der Waals surface area contributed by atoms with Gasteiger partial charge in [-0.1, -0.05) is 119 Å². The minimum atomic E-state index is -0.0658. The average Bonchev–Trinajstić information content (AvgIpc) is 3.49. The van der Waals surface area contributed by atoms with E-state index in [2.05, 4.69) is 118 Å². The van der Waals surface area contributed by atoms with Crippen LogP contribution < -0.4 is 4.98 Å². The second-order valence-electron chi connectivity index (χ2n) is 12.0. The fourth-order valence-corrected chi connectivity index (χ4v) is 5.00. The summed E-state index contributed by atoms with van der Waals surface area (Å²) in [5.41, 5.74) is 6.85. The molecule has 0 aliphatic heterocycles. The Bertz CT molecular complexity index is 1780. The van der Waals surface area contributed by atoms with E-state index in [-0.39, 0.29) is 31.9 Å². The van der Waals surface area contributed by atoms with Crippen LogP contribution in [0.15, 0.2) is 85.2 Å². The number of nitrogens with zero attached hydrogens (tertiary/aromatic N) is 4. The van der Waals surface area contributed by atoms with E-state index < -0.39 is 0 Å². The van der Waals surface area contributed by atoms with Crippen molar-refractivity contribution in [1.29, 1.82) is 0 Å². The second-order valence-corrected chi connectivity index (χ2v) is 12.0. The van der Waals surface area contributed by atoms with Crippen molar-refractivity contribution in [3.05, 3.63) is 103 Å². The topological polar surface area (TPSA) is 44.8 Å². The van der Waals surface area contributed by atoms with Gasteiger partial charge in [-0.2, -0.15) is 0 Å². The number of benzene rings is 2. The summed E-state index contributed by atoms with van der Waals surface area (Å²) in [6.45, 7) is 13.3. The Balaban J connectivity index is 0.00000308. The third-order valence-electron chi connectivity index (χ3n) is 7.07. The molecule has 0 bridgehead atoms. The minimum Gasteiger partial charge on any atom is -0.438 e. The van der Waals surface area contributed by atoms with E-state index in [1.165, 1.54) is 10.9 Å². The largest absolute Gasteiger partial charge is 2.00 e. The molecule has 4 nitrogen and oxygen atoms in total. The number of pyridine rings is 2. The van der Waals surface area contributed by atoms with Crippen LogP contribution in [-0.4, -0.2) is 14.5 Å². The third kappa shape index (κ3) is 4.99. The molecular weight excluding hydrogens is 659 g/mol. The van der Waals surface area contributed by atoms with Crippen LogP contribution in [0.3, 0.4) is 0 Å². The quantitative estimate of drug-likeness (QED) is 0.176. The van der Waals surface area contributed by atoms with Crippen LogP contribution in [-0.2, 0) is 31.9 Å². The first-order valence-corrected chi connectivity index (χ1v) is 13.1. The van der Waals surface area contributed by atoms with Gasteiger partial charge in [-0.15, -0.1) is 23.8 Å². The number of aromatic nitrogens is 4. The zero-order chi connectivity index (χ0) is 26.7. The zero-order valence-corrected chi connectivity index (χ0v) is 25.5. The molecule has 2 aromatic carbocycles. The maximum atomic E-state index is 5.19. The van der Waals surface area contributed by atoms with Crippen molar-refractivity contribution >= 4 is 21.8 Å². The molecule has 0 atom stereocenters. The van der Waals surface area contributed by atoms with E-state index >= 15 is 0 Å². The Hall–Kier alpha value is -3.49. The summed E-state index contributed by atoms with van der Waals surface area (Å²) in [4.78, 5) is 14.9. The Morgan fingerprint density at radius 1 is 0.744 bits per heavy atom. The molecule has 0 aliphatic rings. The van der Waals surface area contributed by atoms with E-state index in [0.29, 0.717) is 0 Å². The Morgan fingerprint density at radius 2 is 1.44 bits per heavy atom. The van der Waals surface area contributed by atoms with Crippen LogP contribution in [0.4, 0.5) is 0 Å². The molecule has 0 N–H and O–H groups in total. The number of hydrogen-bond donors (Lipinski definition) is 0. The van der Waals surface area contributed by atoms with Crippen molar-refractivity contribution in [2.45, 2.75) is 52.4 Å². The molecular formula is C34H32N4Pt. The maximum absolute atomic E-state index is 5.19. The molecule has 0 saturated carbocycles. The van der Waals surface area contributed by atoms with Crippen LogP contribution in [0.2, 0.25) is 0 Å². The summed E-state index contributed by atoms with van der Waals surface area (Å²) >= 11 is 0. The predicted octanol–water partition coefficient (Wildman–Crippen LogP) is 8.26. The van der Waals surface area contributed by atoms with Crippen molar-refractivity contribution in [3.8, 4) is 28.3 Å². The SMILES string of the molecule is CC(C)(C)c1cc(-c2ccccn2)[c-]c(-c2ccc3ccn(-c4[n-]c(C(C)(C)C)c5ccccc45)c3n2)c1.[Pt+2]. The van der Waals surface area contributed by atoms with E-state index in [4.69, 9.17) is 9.97 Å². The van der Waals surface area contributed by atoms with Crippen molar-refractivity contribution in [2.24, 2.45) is 0 Å². The molecule has 6 rings (SSSR count). The van der Waals surface area contributed by atoms with Gasteiger partial charge in [0.15, 0.2) is 0 Å². The number of fused-ring (bicyclic) bond motifs is 2. The molecule has 39 heavy (non-hydrogen) atoms. The Kier molecular flexibility index (Phi) is 6.89. The molecule has 5 heteroatoms. The van der Waals surface area contributed by atoms with Gasteiger partial charge in [-0.05, 0) is 38.9 Å². The Labute approximate surface area is 244 Å². The van der Waals surface area contributed by atoms with Crippen LogP contribution in [0.25, 0.3) is 50.1 Å². The van der Waals surface area contributed by atoms with Crippen LogP contribution in [0, 0.1) is 6.07 Å². The summed E-state index contributed by atoms with van der Waals surface area (Å²) in [5.74, 6) is 0.923. The average molecular weight is 692 g/mol. The van der Waals surface area contributed by atoms with Crippen LogP contribution in [0.5, 0.6) is 0 Å². The summed E-state index contributed by atoms with van der Waals surface area (Å²) in [6, 6.07) is 28.8. The molecule has 0 amide bonds. The van der Waals surface area contributed by atoms with Gasteiger partial charge in [-0.3, -0.25) is 9.97 Å². The second kappa shape index (κ2) is 9.92. The van der Waals surface area contributed by atoms with Crippen LogP contribution in [0.1, 0.15) is 52.8 Å². The van der Waals surface area contributed by atoms with Gasteiger partial charge in [0.05, 0.1) is 5.65 Å². The van der Waals surface area contributed by atoms with Gasteiger partial charge >= 0.3 is 21.1 Å². The van der Waals surface area contributed by atoms with Gasteiger partial charge in [0.2, 0.25) is 0 Å². The Morgan fingerprint density at radius 3 is 2.10 bits per heavy atom. The molecule has 4 heterocycles. The van der Waals surface area contributed by atoms with E-state index in [1.807, 2.05) is 24.4 Å². The van der Waals surface area contributed by atoms with Crippen molar-refractivity contribution in [3.63, 3.8) is 0 Å². The first-order chi connectivity index (χ1) is 18.1. The molecule has 0 saturated heterocycles. The van der Waals surface area contributed by atoms with Crippen molar-refractivity contribution < 1.29 is 21.1 Å². The van der Waals surface area contributed by atoms with E-state index in [1.54, 1.807) is 0 Å². The van der Waals surface area contributed by atoms with E-state index in [9.17, 15) is 0 Å². The normalized spacial score (nSPS) is 12.2. The fraction of sp³-hybridized carbons (Fsp3) is 0.235. The smallest absolute Gasteiger partial charge is 0.438 e. The molecule has 0 radical (unpaired) electrons. The molecule has 0 unspecified atom stereocenters. The fourth-order valence-electron chi connectivity index (χ4n) is 5.00. The summed E-state index contributed by atoms with van der Waals surface area (Å²) < 4.78 is 2.13. The van der Waals surface area contributed by atoms with Gasteiger partial charge in [0.1, 0.15) is 0 Å². The van der Waals surface area contributed by atoms with E-state index in [0.717, 1.165) is 50.4 Å². The van der Waals surface area contributed by atoms with Crippen molar-refractivity contribution in [1.82, 2.24) is 19.5 Å². The molecule has 0 aliphatic carbocycles. The first kappa shape index (κ1) is 27.1. The summed E-state index contributed by atoms with van der Waals surface area (Å²) in [6.07, 6.45) is 3.91. The molecule has 0 fully saturated rings. The number of hydrogen-bond acceptors (Lipinski definition) is 2. The van der Waals surface area contributed by atoms with Gasteiger partial charge < -0.3 is 9.55 Å². The molecule has 0 spiro atoms. The predicted molar refractivity (Wildman–Crippen MR) is 157 cm³/mol. The van der Waals surface area contributed by atoms with Gasteiger partial charge in [0.25, 0.3) is 0 Å². The summed E-state index contributed by atoms with van der Waals surface area (Å²) in [7, 11) is 0. The molecule has 6 aromatic rings. The standard InChI is InChI=1S/C34H32N4.Pt/c1-33(2,3)25-20-23(28-13-9-10-17-35-28)19-24(21-25)29-15-14-22-16-18-38(31(22)36-29)32-27-12-8-7-11-26(27)30(37-32)34(4,5)6;/h7-18,20-21H,1-6H3;/q-2;+2. The zero-order valence-electron chi connectivity index (χ0n) is 23.2. The monoisotopic (exact) mass is 691 g/mol. The number of rotatable bonds is 3. The first-order valence-electron chi connectivity index (χ1n) is 13.1. The minimum absolute atomic E-state index is 0. The molecule has 198 valence electrons. The van der Waals surface area contributed by atoms with Crippen LogP contribution >= 0.6 is 0 Å². The van der Waals surface area contributed by atoms with Gasteiger partial charge in [-0.25, -0.2) is 0 Å².